The van der Waals surface area contributed by atoms with E-state index in [0.29, 0.717) is 18.7 Å². The summed E-state index contributed by atoms with van der Waals surface area (Å²) in [5, 5.41) is 7.87. The van der Waals surface area contributed by atoms with Crippen molar-refractivity contribution in [1.82, 2.24) is 9.80 Å². The minimum absolute atomic E-state index is 0.0284. The third-order valence-electron chi connectivity index (χ3n) is 5.15. The van der Waals surface area contributed by atoms with Crippen molar-refractivity contribution in [3.05, 3.63) is 60.2 Å². The molecule has 156 valence electrons. The molecule has 1 aliphatic rings. The molecule has 3 rings (SSSR count). The Morgan fingerprint density at radius 3 is 2.07 bits per heavy atom. The molecule has 1 amide bonds. The van der Waals surface area contributed by atoms with E-state index in [4.69, 9.17) is 5.14 Å². The van der Waals surface area contributed by atoms with Crippen LogP contribution in [0.2, 0.25) is 0 Å². The molecule has 3 N–H and O–H groups in total. The van der Waals surface area contributed by atoms with E-state index in [-0.39, 0.29) is 10.8 Å². The van der Waals surface area contributed by atoms with Gasteiger partial charge in [-0.25, -0.2) is 13.6 Å². The van der Waals surface area contributed by atoms with Crippen molar-refractivity contribution in [2.45, 2.75) is 17.7 Å². The first kappa shape index (κ1) is 21.4. The summed E-state index contributed by atoms with van der Waals surface area (Å²) in [5.41, 5.74) is 1.93. The Bertz CT molecular complexity index is 893. The smallest absolute Gasteiger partial charge is 0.238 e. The van der Waals surface area contributed by atoms with E-state index in [0.717, 1.165) is 39.1 Å². The maximum atomic E-state index is 12.2. The number of nitrogens with two attached hydrogens (primary N) is 1. The molecule has 8 heteroatoms. The number of rotatable bonds is 8. The third kappa shape index (κ3) is 6.93. The Morgan fingerprint density at radius 2 is 1.48 bits per heavy atom. The van der Waals surface area contributed by atoms with Gasteiger partial charge in [0.25, 0.3) is 0 Å². The van der Waals surface area contributed by atoms with Gasteiger partial charge in [-0.1, -0.05) is 30.3 Å². The highest BCUT2D eigenvalue weighted by Crippen LogP contribution is 2.13. The summed E-state index contributed by atoms with van der Waals surface area (Å²) in [7, 11) is -3.72. The lowest BCUT2D eigenvalue weighted by Crippen LogP contribution is -2.47. The number of carbonyl (C=O) groups is 1. The number of amides is 1. The van der Waals surface area contributed by atoms with Crippen LogP contribution in [0.5, 0.6) is 0 Å². The fraction of sp³-hybridized carbons (Fsp3) is 0.381. The molecule has 2 aromatic carbocycles. The predicted molar refractivity (Wildman–Crippen MR) is 114 cm³/mol. The first-order chi connectivity index (χ1) is 13.9. The van der Waals surface area contributed by atoms with Crippen LogP contribution >= 0.6 is 0 Å². The van der Waals surface area contributed by atoms with Crippen LogP contribution < -0.4 is 10.5 Å². The molecule has 1 saturated heterocycles. The zero-order valence-corrected chi connectivity index (χ0v) is 17.3. The monoisotopic (exact) mass is 416 g/mol. The molecule has 0 aromatic heterocycles. The highest BCUT2D eigenvalue weighted by molar-refractivity contribution is 7.89. The lowest BCUT2D eigenvalue weighted by molar-refractivity contribution is -0.116. The van der Waals surface area contributed by atoms with Crippen molar-refractivity contribution in [3.8, 4) is 0 Å². The minimum Gasteiger partial charge on any atom is -0.326 e. The van der Waals surface area contributed by atoms with Crippen LogP contribution in [0.15, 0.2) is 59.5 Å². The highest BCUT2D eigenvalue weighted by Gasteiger charge is 2.17. The van der Waals surface area contributed by atoms with E-state index in [2.05, 4.69) is 39.4 Å². The number of sulfonamides is 1. The fourth-order valence-electron chi connectivity index (χ4n) is 3.38. The zero-order valence-electron chi connectivity index (χ0n) is 16.5. The fourth-order valence-corrected chi connectivity index (χ4v) is 3.89. The van der Waals surface area contributed by atoms with Gasteiger partial charge in [0.2, 0.25) is 15.9 Å². The van der Waals surface area contributed by atoms with Crippen molar-refractivity contribution in [2.75, 3.05) is 44.6 Å². The summed E-state index contributed by atoms with van der Waals surface area (Å²) >= 11 is 0. The third-order valence-corrected chi connectivity index (χ3v) is 6.08. The first-order valence-electron chi connectivity index (χ1n) is 9.81. The molecular formula is C21H28N4O3S. The Balaban J connectivity index is 1.35. The molecule has 7 nitrogen and oxygen atoms in total. The number of primary sulfonamides is 1. The Morgan fingerprint density at radius 1 is 0.897 bits per heavy atom. The Kier molecular flexibility index (Phi) is 7.38. The van der Waals surface area contributed by atoms with Crippen LogP contribution in [0.1, 0.15) is 12.0 Å². The highest BCUT2D eigenvalue weighted by atomic mass is 32.2. The largest absolute Gasteiger partial charge is 0.326 e. The number of nitrogens with zero attached hydrogens (tertiary/aromatic N) is 2. The topological polar surface area (TPSA) is 95.7 Å². The van der Waals surface area contributed by atoms with Gasteiger partial charge < -0.3 is 15.1 Å². The summed E-state index contributed by atoms with van der Waals surface area (Å²) < 4.78 is 22.5. The predicted octanol–water partition coefficient (Wildman–Crippen LogP) is 1.52. The lowest BCUT2D eigenvalue weighted by atomic mass is 10.1. The van der Waals surface area contributed by atoms with Crippen molar-refractivity contribution in [3.63, 3.8) is 0 Å². The van der Waals surface area contributed by atoms with Crippen LogP contribution in [0.25, 0.3) is 0 Å². The molecule has 0 atom stereocenters. The standard InChI is InChI=1S/C21H28N4O3S/c22-29(27,28)20-8-6-19(7-9-20)23-21(26)11-13-25-16-14-24(15-17-25)12-10-18-4-2-1-3-5-18/h1-9H,10-17H2,(H,23,26)(H2,22,27,28). The van der Waals surface area contributed by atoms with Gasteiger partial charge in [-0.15, -0.1) is 0 Å². The van der Waals surface area contributed by atoms with Gasteiger partial charge in [-0.3, -0.25) is 4.79 Å². The SMILES string of the molecule is NS(=O)(=O)c1ccc(NC(=O)CCN2CCN(CCc3ccccc3)CC2)cc1. The number of benzene rings is 2. The van der Waals surface area contributed by atoms with E-state index in [1.165, 1.54) is 17.7 Å². The van der Waals surface area contributed by atoms with Crippen molar-refractivity contribution >= 4 is 21.6 Å². The number of nitrogens with one attached hydrogen (secondary N) is 1. The second-order valence-electron chi connectivity index (χ2n) is 7.29. The Labute approximate surface area is 172 Å². The zero-order chi connectivity index (χ0) is 20.7. The van der Waals surface area contributed by atoms with E-state index >= 15 is 0 Å². The number of hydrogen-bond donors (Lipinski definition) is 2. The molecule has 0 aliphatic carbocycles. The summed E-state index contributed by atoms with van der Waals surface area (Å²) in [6, 6.07) is 16.4. The van der Waals surface area contributed by atoms with E-state index < -0.39 is 10.0 Å². The molecule has 29 heavy (non-hydrogen) atoms. The summed E-state index contributed by atoms with van der Waals surface area (Å²) in [6.07, 6.45) is 1.47. The summed E-state index contributed by atoms with van der Waals surface area (Å²) in [6.45, 7) is 5.74. The van der Waals surface area contributed by atoms with Gasteiger partial charge in [0.1, 0.15) is 0 Å². The molecule has 0 unspecified atom stereocenters. The van der Waals surface area contributed by atoms with Gasteiger partial charge in [-0.2, -0.15) is 0 Å². The van der Waals surface area contributed by atoms with E-state index in [9.17, 15) is 13.2 Å². The molecule has 2 aromatic rings. The van der Waals surface area contributed by atoms with Crippen LogP contribution in [0.3, 0.4) is 0 Å². The number of anilines is 1. The molecule has 0 spiro atoms. The average Bonchev–Trinajstić information content (AvgIpc) is 2.72. The van der Waals surface area contributed by atoms with Gasteiger partial charge in [0, 0.05) is 51.4 Å². The summed E-state index contributed by atoms with van der Waals surface area (Å²) in [5.74, 6) is -0.0835. The molecule has 0 radical (unpaired) electrons. The molecule has 1 fully saturated rings. The molecular weight excluding hydrogens is 388 g/mol. The average molecular weight is 417 g/mol. The molecule has 0 saturated carbocycles. The number of carbonyl (C=O) groups excluding carboxylic acids is 1. The second-order valence-corrected chi connectivity index (χ2v) is 8.85. The van der Waals surface area contributed by atoms with Gasteiger partial charge >= 0.3 is 0 Å². The van der Waals surface area contributed by atoms with Gasteiger partial charge in [0.05, 0.1) is 4.90 Å². The van der Waals surface area contributed by atoms with Gasteiger partial charge in [-0.05, 0) is 36.2 Å². The maximum Gasteiger partial charge on any atom is 0.238 e. The van der Waals surface area contributed by atoms with E-state index in [1.54, 1.807) is 12.1 Å². The molecule has 0 bridgehead atoms. The second kappa shape index (κ2) is 9.98. The number of piperazine rings is 1. The first-order valence-corrected chi connectivity index (χ1v) is 11.4. The van der Waals surface area contributed by atoms with Crippen LogP contribution in [0, 0.1) is 0 Å². The Hall–Kier alpha value is -2.26. The van der Waals surface area contributed by atoms with Crippen LogP contribution in [-0.2, 0) is 21.2 Å². The minimum atomic E-state index is -3.72. The normalized spacial score (nSPS) is 15.9. The van der Waals surface area contributed by atoms with Crippen molar-refractivity contribution in [1.29, 1.82) is 0 Å². The van der Waals surface area contributed by atoms with Crippen molar-refractivity contribution < 1.29 is 13.2 Å². The van der Waals surface area contributed by atoms with Crippen LogP contribution in [-0.4, -0.2) is 63.4 Å². The van der Waals surface area contributed by atoms with E-state index in [1.807, 2.05) is 6.07 Å². The van der Waals surface area contributed by atoms with Gasteiger partial charge in [0.15, 0.2) is 0 Å². The number of hydrogen-bond acceptors (Lipinski definition) is 5. The quantitative estimate of drug-likeness (QED) is 0.680. The summed E-state index contributed by atoms with van der Waals surface area (Å²) in [4.78, 5) is 17.0. The van der Waals surface area contributed by atoms with Crippen LogP contribution in [0.4, 0.5) is 5.69 Å². The molecule has 1 heterocycles. The van der Waals surface area contributed by atoms with Crippen molar-refractivity contribution in [2.24, 2.45) is 5.14 Å². The lowest BCUT2D eigenvalue weighted by Gasteiger charge is -2.34. The molecule has 1 aliphatic heterocycles. The maximum absolute atomic E-state index is 12.2.